The van der Waals surface area contributed by atoms with Gasteiger partial charge in [0.05, 0.1) is 0 Å². The maximum Gasteiger partial charge on any atom is 0.323 e. The van der Waals surface area contributed by atoms with Gasteiger partial charge in [0.1, 0.15) is 5.54 Å². The molecule has 18 heavy (non-hydrogen) atoms. The third-order valence-electron chi connectivity index (χ3n) is 5.74. The van der Waals surface area contributed by atoms with Gasteiger partial charge in [-0.15, -0.1) is 0 Å². The van der Waals surface area contributed by atoms with Crippen LogP contribution in [0.3, 0.4) is 0 Å². The van der Waals surface area contributed by atoms with Crippen molar-refractivity contribution in [1.29, 1.82) is 0 Å². The Hall–Kier alpha value is -0.570. The van der Waals surface area contributed by atoms with Crippen molar-refractivity contribution < 1.29 is 9.90 Å². The van der Waals surface area contributed by atoms with Gasteiger partial charge < -0.3 is 10.4 Å². The van der Waals surface area contributed by atoms with E-state index in [2.05, 4.69) is 5.32 Å². The van der Waals surface area contributed by atoms with Gasteiger partial charge in [-0.05, 0) is 82.1 Å². The van der Waals surface area contributed by atoms with Crippen LogP contribution >= 0.6 is 0 Å². The van der Waals surface area contributed by atoms with E-state index in [0.717, 1.165) is 36.1 Å². The molecule has 0 unspecified atom stereocenters. The molecule has 0 spiro atoms. The molecule has 4 bridgehead atoms. The van der Waals surface area contributed by atoms with E-state index >= 15 is 0 Å². The number of rotatable bonds is 4. The Bertz CT molecular complexity index is 322. The zero-order valence-electron chi connectivity index (χ0n) is 11.5. The Kier molecular flexibility index (Phi) is 2.92. The molecule has 0 amide bonds. The summed E-state index contributed by atoms with van der Waals surface area (Å²) < 4.78 is 0. The van der Waals surface area contributed by atoms with Crippen molar-refractivity contribution in [3.8, 4) is 0 Å². The number of carboxylic acid groups (broad SMARTS) is 1. The lowest BCUT2D eigenvalue weighted by Gasteiger charge is -2.54. The third kappa shape index (κ3) is 2.07. The number of carboxylic acids is 1. The Labute approximate surface area is 109 Å². The Morgan fingerprint density at radius 1 is 1.11 bits per heavy atom. The molecule has 4 fully saturated rings. The summed E-state index contributed by atoms with van der Waals surface area (Å²) in [6.45, 7) is 4.44. The number of hydrogen-bond acceptors (Lipinski definition) is 2. The van der Waals surface area contributed by atoms with Crippen molar-refractivity contribution in [2.75, 3.05) is 6.54 Å². The van der Waals surface area contributed by atoms with E-state index in [0.29, 0.717) is 0 Å². The molecule has 0 aromatic carbocycles. The van der Waals surface area contributed by atoms with Gasteiger partial charge in [-0.1, -0.05) is 0 Å². The van der Waals surface area contributed by atoms with Crippen LogP contribution in [0.5, 0.6) is 0 Å². The molecule has 102 valence electrons. The highest BCUT2D eigenvalue weighted by molar-refractivity contribution is 5.77. The highest BCUT2D eigenvalue weighted by Gasteiger charge is 2.48. The van der Waals surface area contributed by atoms with Gasteiger partial charge in [0.25, 0.3) is 0 Å². The molecule has 4 saturated carbocycles. The average Bonchev–Trinajstić information content (AvgIpc) is 2.26. The number of aliphatic carboxylic acids is 1. The largest absolute Gasteiger partial charge is 0.480 e. The van der Waals surface area contributed by atoms with E-state index < -0.39 is 11.5 Å². The molecule has 0 radical (unpaired) electrons. The van der Waals surface area contributed by atoms with E-state index in [1.54, 1.807) is 13.8 Å². The van der Waals surface area contributed by atoms with Gasteiger partial charge >= 0.3 is 5.97 Å². The van der Waals surface area contributed by atoms with E-state index in [9.17, 15) is 4.79 Å². The molecule has 0 atom stereocenters. The molecular weight excluding hydrogens is 226 g/mol. The monoisotopic (exact) mass is 251 g/mol. The quantitative estimate of drug-likeness (QED) is 0.807. The lowest BCUT2D eigenvalue weighted by Crippen LogP contribution is -2.53. The fourth-order valence-electron chi connectivity index (χ4n) is 4.82. The van der Waals surface area contributed by atoms with E-state index in [1.807, 2.05) is 0 Å². The standard InChI is InChI=1S/C15H25NO2/c1-15(2,14(17)18)16-8-13-11-4-9-3-10(6-11)7-12(13)5-9/h9-13,16H,3-8H2,1-2H3,(H,17,18). The van der Waals surface area contributed by atoms with Crippen LogP contribution in [0.4, 0.5) is 0 Å². The topological polar surface area (TPSA) is 49.3 Å². The van der Waals surface area contributed by atoms with Crippen molar-refractivity contribution in [1.82, 2.24) is 5.32 Å². The van der Waals surface area contributed by atoms with Crippen LogP contribution in [0.1, 0.15) is 46.0 Å². The number of carbonyl (C=O) groups is 1. The molecular formula is C15H25NO2. The minimum absolute atomic E-state index is 0.733. The van der Waals surface area contributed by atoms with Crippen LogP contribution in [-0.2, 0) is 4.79 Å². The maximum atomic E-state index is 11.1. The molecule has 0 saturated heterocycles. The third-order valence-corrected chi connectivity index (χ3v) is 5.74. The van der Waals surface area contributed by atoms with Crippen molar-refractivity contribution >= 4 is 5.97 Å². The van der Waals surface area contributed by atoms with Crippen LogP contribution in [0, 0.1) is 29.6 Å². The summed E-state index contributed by atoms with van der Waals surface area (Å²) >= 11 is 0. The summed E-state index contributed by atoms with van der Waals surface area (Å²) in [5, 5.41) is 12.4. The molecule has 4 aliphatic carbocycles. The average molecular weight is 251 g/mol. The first-order chi connectivity index (χ1) is 8.45. The first-order valence-electron chi connectivity index (χ1n) is 7.44. The first-order valence-corrected chi connectivity index (χ1v) is 7.44. The summed E-state index contributed by atoms with van der Waals surface area (Å²) in [7, 11) is 0. The van der Waals surface area contributed by atoms with Crippen molar-refractivity contribution in [2.45, 2.75) is 51.5 Å². The molecule has 0 aromatic heterocycles. The summed E-state index contributed by atoms with van der Waals surface area (Å²) in [6, 6.07) is 0. The van der Waals surface area contributed by atoms with Crippen LogP contribution in [0.25, 0.3) is 0 Å². The molecule has 0 aliphatic heterocycles. The number of nitrogens with one attached hydrogen (secondary N) is 1. The van der Waals surface area contributed by atoms with E-state index in [4.69, 9.17) is 5.11 Å². The molecule has 2 N–H and O–H groups in total. The SMILES string of the molecule is CC(C)(NCC1C2CC3CC(C2)CC1C3)C(=O)O. The van der Waals surface area contributed by atoms with Gasteiger partial charge in [0.2, 0.25) is 0 Å². The second kappa shape index (κ2) is 4.22. The zero-order chi connectivity index (χ0) is 12.9. The smallest absolute Gasteiger partial charge is 0.323 e. The van der Waals surface area contributed by atoms with E-state index in [-0.39, 0.29) is 0 Å². The van der Waals surface area contributed by atoms with Gasteiger partial charge in [-0.3, -0.25) is 4.79 Å². The van der Waals surface area contributed by atoms with Crippen molar-refractivity contribution in [3.63, 3.8) is 0 Å². The molecule has 0 heterocycles. The molecule has 4 aliphatic rings. The van der Waals surface area contributed by atoms with Crippen LogP contribution in [-0.4, -0.2) is 23.2 Å². The summed E-state index contributed by atoms with van der Waals surface area (Å²) in [4.78, 5) is 11.1. The highest BCUT2D eigenvalue weighted by atomic mass is 16.4. The van der Waals surface area contributed by atoms with Gasteiger partial charge in [-0.2, -0.15) is 0 Å². The summed E-state index contributed by atoms with van der Waals surface area (Å²) in [5.74, 6) is 3.73. The van der Waals surface area contributed by atoms with Gasteiger partial charge in [-0.25, -0.2) is 0 Å². The molecule has 0 aromatic rings. The normalized spacial score (nSPS) is 42.2. The minimum Gasteiger partial charge on any atom is -0.480 e. The van der Waals surface area contributed by atoms with Crippen molar-refractivity contribution in [2.24, 2.45) is 29.6 Å². The fraction of sp³-hybridized carbons (Fsp3) is 0.933. The maximum absolute atomic E-state index is 11.1. The molecule has 3 nitrogen and oxygen atoms in total. The molecule has 4 rings (SSSR count). The van der Waals surface area contributed by atoms with Crippen LogP contribution in [0.2, 0.25) is 0 Å². The highest BCUT2D eigenvalue weighted by Crippen LogP contribution is 2.56. The Morgan fingerprint density at radius 3 is 2.06 bits per heavy atom. The fourth-order valence-corrected chi connectivity index (χ4v) is 4.82. The van der Waals surface area contributed by atoms with Crippen LogP contribution in [0.15, 0.2) is 0 Å². The summed E-state index contributed by atoms with van der Waals surface area (Å²) in [6.07, 6.45) is 7.12. The van der Waals surface area contributed by atoms with Gasteiger partial charge in [0.15, 0.2) is 0 Å². The Morgan fingerprint density at radius 2 is 1.61 bits per heavy atom. The second-order valence-corrected chi connectivity index (χ2v) is 7.41. The lowest BCUT2D eigenvalue weighted by atomic mass is 9.52. The van der Waals surface area contributed by atoms with Crippen molar-refractivity contribution in [3.05, 3.63) is 0 Å². The lowest BCUT2D eigenvalue weighted by molar-refractivity contribution is -0.143. The van der Waals surface area contributed by atoms with Crippen LogP contribution < -0.4 is 5.32 Å². The van der Waals surface area contributed by atoms with Gasteiger partial charge in [0, 0.05) is 0 Å². The predicted molar refractivity (Wildman–Crippen MR) is 70.3 cm³/mol. The summed E-state index contributed by atoms with van der Waals surface area (Å²) in [5.41, 5.74) is -0.783. The minimum atomic E-state index is -0.783. The first kappa shape index (κ1) is 12.5. The predicted octanol–water partition coefficient (Wildman–Crippen LogP) is 2.51. The number of hydrogen-bond donors (Lipinski definition) is 2. The Balaban J connectivity index is 1.62. The zero-order valence-corrected chi connectivity index (χ0v) is 11.5. The van der Waals surface area contributed by atoms with E-state index in [1.165, 1.54) is 32.1 Å². The molecule has 3 heteroatoms. The second-order valence-electron chi connectivity index (χ2n) is 7.41.